The van der Waals surface area contributed by atoms with Crippen molar-refractivity contribution in [2.24, 2.45) is 0 Å². The molecule has 1 heterocycles. The first-order chi connectivity index (χ1) is 11.7. The molecule has 1 saturated heterocycles. The van der Waals surface area contributed by atoms with Crippen LogP contribution in [0.3, 0.4) is 0 Å². The third kappa shape index (κ3) is 3.40. The fourth-order valence-electron chi connectivity index (χ4n) is 2.95. The number of amides is 2. The molecule has 3 rings (SSSR count). The molecule has 0 aliphatic carbocycles. The predicted octanol–water partition coefficient (Wildman–Crippen LogP) is 2.16. The molecule has 0 unspecified atom stereocenters. The van der Waals surface area contributed by atoms with E-state index in [1.165, 1.54) is 0 Å². The van der Waals surface area contributed by atoms with Gasteiger partial charge >= 0.3 is 0 Å². The van der Waals surface area contributed by atoms with Crippen LogP contribution in [0.5, 0.6) is 5.75 Å². The summed E-state index contributed by atoms with van der Waals surface area (Å²) in [5.74, 6) is 0.443. The Morgan fingerprint density at radius 1 is 1.17 bits per heavy atom. The van der Waals surface area contributed by atoms with Gasteiger partial charge in [0.2, 0.25) is 11.8 Å². The molecule has 2 aromatic rings. The summed E-state index contributed by atoms with van der Waals surface area (Å²) in [5, 5.41) is 2.84. The van der Waals surface area contributed by atoms with Gasteiger partial charge in [-0.2, -0.15) is 0 Å². The molecule has 2 aromatic carbocycles. The average Bonchev–Trinajstić information content (AvgIpc) is 2.97. The van der Waals surface area contributed by atoms with Crippen LogP contribution in [0.2, 0.25) is 0 Å². The van der Waals surface area contributed by atoms with Gasteiger partial charge in [-0.1, -0.05) is 36.4 Å². The molecule has 0 aromatic heterocycles. The molecular weight excluding hydrogens is 304 g/mol. The third-order valence-corrected chi connectivity index (χ3v) is 4.15. The van der Waals surface area contributed by atoms with E-state index in [1.54, 1.807) is 12.0 Å². The molecule has 2 amide bonds. The van der Waals surface area contributed by atoms with Gasteiger partial charge in [0.05, 0.1) is 13.5 Å². The minimum absolute atomic E-state index is 0.0606. The lowest BCUT2D eigenvalue weighted by atomic mass is 10.1. The van der Waals surface area contributed by atoms with Crippen molar-refractivity contribution in [3.05, 3.63) is 60.2 Å². The van der Waals surface area contributed by atoms with Gasteiger partial charge in [0.15, 0.2) is 0 Å². The van der Waals surface area contributed by atoms with Gasteiger partial charge in [-0.25, -0.2) is 0 Å². The number of carbonyl (C=O) groups excluding carboxylic acids is 2. The van der Waals surface area contributed by atoms with Gasteiger partial charge in [0.1, 0.15) is 11.8 Å². The predicted molar refractivity (Wildman–Crippen MR) is 92.0 cm³/mol. The number of nitrogens with zero attached hydrogens (tertiary/aromatic N) is 1. The summed E-state index contributed by atoms with van der Waals surface area (Å²) < 4.78 is 5.26. The van der Waals surface area contributed by atoms with Crippen molar-refractivity contribution in [1.82, 2.24) is 5.32 Å². The van der Waals surface area contributed by atoms with Crippen LogP contribution in [0, 0.1) is 0 Å². The zero-order valence-corrected chi connectivity index (χ0v) is 13.6. The van der Waals surface area contributed by atoms with Gasteiger partial charge < -0.3 is 15.0 Å². The van der Waals surface area contributed by atoms with Gasteiger partial charge in [0, 0.05) is 17.8 Å². The topological polar surface area (TPSA) is 58.6 Å². The number of nitrogens with one attached hydrogen (secondary N) is 1. The van der Waals surface area contributed by atoms with Crippen LogP contribution in [0.1, 0.15) is 12.0 Å². The van der Waals surface area contributed by atoms with Crippen LogP contribution in [0.25, 0.3) is 0 Å². The number of rotatable bonds is 5. The van der Waals surface area contributed by atoms with E-state index >= 15 is 0 Å². The molecule has 0 spiro atoms. The van der Waals surface area contributed by atoms with Crippen LogP contribution < -0.4 is 15.0 Å². The zero-order chi connectivity index (χ0) is 16.9. The minimum atomic E-state index is -0.465. The van der Waals surface area contributed by atoms with E-state index < -0.39 is 6.04 Å². The lowest BCUT2D eigenvalue weighted by Gasteiger charge is -2.17. The van der Waals surface area contributed by atoms with Gasteiger partial charge in [0.25, 0.3) is 0 Å². The van der Waals surface area contributed by atoms with Crippen molar-refractivity contribution in [3.8, 4) is 5.75 Å². The van der Waals surface area contributed by atoms with E-state index in [4.69, 9.17) is 4.74 Å². The van der Waals surface area contributed by atoms with Gasteiger partial charge in [-0.15, -0.1) is 0 Å². The second-order valence-corrected chi connectivity index (χ2v) is 5.72. The largest absolute Gasteiger partial charge is 0.496 e. The number of carbonyl (C=O) groups is 2. The molecule has 0 bridgehead atoms. The Morgan fingerprint density at radius 2 is 1.88 bits per heavy atom. The Balaban J connectivity index is 1.62. The monoisotopic (exact) mass is 324 g/mol. The molecule has 1 aliphatic rings. The fraction of sp³-hybridized carbons (Fsp3) is 0.263. The van der Waals surface area contributed by atoms with Crippen molar-refractivity contribution in [1.29, 1.82) is 0 Å². The van der Waals surface area contributed by atoms with E-state index in [9.17, 15) is 9.59 Å². The van der Waals surface area contributed by atoms with Crippen LogP contribution in [-0.2, 0) is 16.0 Å². The maximum atomic E-state index is 12.5. The number of para-hydroxylation sites is 2. The second-order valence-electron chi connectivity index (χ2n) is 5.72. The summed E-state index contributed by atoms with van der Waals surface area (Å²) in [5.41, 5.74) is 1.67. The molecule has 0 radical (unpaired) electrons. The van der Waals surface area contributed by atoms with Crippen molar-refractivity contribution < 1.29 is 14.3 Å². The first kappa shape index (κ1) is 16.1. The third-order valence-electron chi connectivity index (χ3n) is 4.15. The highest BCUT2D eigenvalue weighted by molar-refractivity contribution is 6.01. The summed E-state index contributed by atoms with van der Waals surface area (Å²) in [6.07, 6.45) is 0.810. The van der Waals surface area contributed by atoms with Crippen LogP contribution >= 0.6 is 0 Å². The summed E-state index contributed by atoms with van der Waals surface area (Å²) in [6, 6.07) is 16.4. The normalized spacial score (nSPS) is 17.0. The Bertz CT molecular complexity index is 730. The molecule has 1 aliphatic heterocycles. The summed E-state index contributed by atoms with van der Waals surface area (Å²) >= 11 is 0. The number of ether oxygens (including phenoxy) is 1. The van der Waals surface area contributed by atoms with Gasteiger partial charge in [-0.3, -0.25) is 9.59 Å². The highest BCUT2D eigenvalue weighted by Gasteiger charge is 2.33. The van der Waals surface area contributed by atoms with Gasteiger partial charge in [-0.05, 0) is 24.6 Å². The summed E-state index contributed by atoms with van der Waals surface area (Å²) in [6.45, 7) is 0.614. The Hall–Kier alpha value is -2.82. The highest BCUT2D eigenvalue weighted by atomic mass is 16.5. The van der Waals surface area contributed by atoms with E-state index in [-0.39, 0.29) is 18.2 Å². The van der Waals surface area contributed by atoms with E-state index in [0.29, 0.717) is 18.7 Å². The Morgan fingerprint density at radius 3 is 2.62 bits per heavy atom. The standard InChI is InChI=1S/C19H20N2O3/c1-24-17-10-6-5-7-14(17)13-18(22)20-16-11-12-21(19(16)23)15-8-3-2-4-9-15/h2-10,16H,11-13H2,1H3,(H,20,22)/t16-/m1/s1. The average molecular weight is 324 g/mol. The number of hydrogen-bond acceptors (Lipinski definition) is 3. The maximum absolute atomic E-state index is 12.5. The molecule has 5 heteroatoms. The molecule has 124 valence electrons. The smallest absolute Gasteiger partial charge is 0.249 e. The molecule has 1 atom stereocenters. The summed E-state index contributed by atoms with van der Waals surface area (Å²) in [7, 11) is 1.58. The Kier molecular flexibility index (Phi) is 4.79. The molecular formula is C19H20N2O3. The minimum Gasteiger partial charge on any atom is -0.496 e. The zero-order valence-electron chi connectivity index (χ0n) is 13.6. The number of methoxy groups -OCH3 is 1. The maximum Gasteiger partial charge on any atom is 0.249 e. The number of hydrogen-bond donors (Lipinski definition) is 1. The van der Waals surface area contributed by atoms with Crippen LogP contribution in [0.4, 0.5) is 5.69 Å². The first-order valence-corrected chi connectivity index (χ1v) is 7.96. The number of benzene rings is 2. The van der Waals surface area contributed by atoms with Crippen molar-refractivity contribution in [3.63, 3.8) is 0 Å². The van der Waals surface area contributed by atoms with E-state index in [1.807, 2.05) is 54.6 Å². The molecule has 24 heavy (non-hydrogen) atoms. The SMILES string of the molecule is COc1ccccc1CC(=O)N[C@@H]1CCN(c2ccccc2)C1=O. The molecule has 1 fully saturated rings. The lowest BCUT2D eigenvalue weighted by molar-refractivity contribution is -0.126. The fourth-order valence-corrected chi connectivity index (χ4v) is 2.95. The molecule has 1 N–H and O–H groups in total. The first-order valence-electron chi connectivity index (χ1n) is 7.96. The van der Waals surface area contributed by atoms with Crippen molar-refractivity contribution in [2.75, 3.05) is 18.6 Å². The highest BCUT2D eigenvalue weighted by Crippen LogP contribution is 2.22. The lowest BCUT2D eigenvalue weighted by Crippen LogP contribution is -2.42. The molecule has 5 nitrogen and oxygen atoms in total. The van der Waals surface area contributed by atoms with E-state index in [2.05, 4.69) is 5.32 Å². The summed E-state index contributed by atoms with van der Waals surface area (Å²) in [4.78, 5) is 26.5. The quantitative estimate of drug-likeness (QED) is 0.917. The van der Waals surface area contributed by atoms with Crippen molar-refractivity contribution >= 4 is 17.5 Å². The van der Waals surface area contributed by atoms with Crippen LogP contribution in [0.15, 0.2) is 54.6 Å². The van der Waals surface area contributed by atoms with E-state index in [0.717, 1.165) is 11.3 Å². The Labute approximate surface area is 141 Å². The second kappa shape index (κ2) is 7.17. The van der Waals surface area contributed by atoms with Crippen LogP contribution in [-0.4, -0.2) is 31.5 Å². The number of anilines is 1. The molecule has 0 saturated carbocycles. The van der Waals surface area contributed by atoms with Crippen molar-refractivity contribution in [2.45, 2.75) is 18.9 Å².